The molecule has 1 amide bonds. The molecular formula is C21H21FN10O2. The summed E-state index contributed by atoms with van der Waals surface area (Å²) in [6.07, 6.45) is 4.24. The van der Waals surface area contributed by atoms with Crippen LogP contribution in [0.2, 0.25) is 0 Å². The van der Waals surface area contributed by atoms with Gasteiger partial charge < -0.3 is 20.7 Å². The maximum absolute atomic E-state index is 13.6. The van der Waals surface area contributed by atoms with Crippen molar-refractivity contribution in [2.75, 3.05) is 24.8 Å². The van der Waals surface area contributed by atoms with Gasteiger partial charge in [0.15, 0.2) is 28.9 Å². The molecule has 174 valence electrons. The number of nitrogens with zero attached hydrogens (tertiary/aromatic N) is 7. The molecule has 0 spiro atoms. The van der Waals surface area contributed by atoms with Crippen LogP contribution in [-0.4, -0.2) is 55.0 Å². The van der Waals surface area contributed by atoms with Crippen molar-refractivity contribution in [3.63, 3.8) is 0 Å². The zero-order chi connectivity index (χ0) is 24.2. The number of aromatic nitrogens is 7. The second-order valence-electron chi connectivity index (χ2n) is 7.12. The molecule has 0 aliphatic heterocycles. The van der Waals surface area contributed by atoms with Gasteiger partial charge in [-0.2, -0.15) is 5.10 Å². The van der Waals surface area contributed by atoms with Crippen molar-refractivity contribution in [3.05, 3.63) is 54.0 Å². The maximum Gasteiger partial charge on any atom is 0.273 e. The van der Waals surface area contributed by atoms with Gasteiger partial charge in [-0.15, -0.1) is 10.2 Å². The van der Waals surface area contributed by atoms with E-state index in [0.29, 0.717) is 40.0 Å². The highest BCUT2D eigenvalue weighted by atomic mass is 19.1. The summed E-state index contributed by atoms with van der Waals surface area (Å²) in [5, 5.41) is 21.0. The van der Waals surface area contributed by atoms with Crippen molar-refractivity contribution in [3.8, 4) is 17.1 Å². The molecule has 3 N–H and O–H groups in total. The topological polar surface area (TPSA) is 145 Å². The Kier molecular flexibility index (Phi) is 6.25. The van der Waals surface area contributed by atoms with E-state index in [1.54, 1.807) is 43.3 Å². The molecule has 4 aromatic rings. The van der Waals surface area contributed by atoms with Crippen LogP contribution in [0.1, 0.15) is 16.1 Å². The molecule has 0 aromatic carbocycles. The van der Waals surface area contributed by atoms with E-state index in [4.69, 9.17) is 4.74 Å². The molecule has 0 fully saturated rings. The predicted octanol–water partition coefficient (Wildman–Crippen LogP) is 2.37. The molecule has 0 radical (unpaired) electrons. The highest BCUT2D eigenvalue weighted by Crippen LogP contribution is 2.35. The molecule has 34 heavy (non-hydrogen) atoms. The average molecular weight is 464 g/mol. The van der Waals surface area contributed by atoms with Crippen LogP contribution >= 0.6 is 0 Å². The van der Waals surface area contributed by atoms with Gasteiger partial charge in [0.1, 0.15) is 18.0 Å². The Morgan fingerprint density at radius 1 is 1.12 bits per heavy atom. The number of rotatable bonds is 7. The van der Waals surface area contributed by atoms with Gasteiger partial charge in [-0.1, -0.05) is 0 Å². The van der Waals surface area contributed by atoms with E-state index in [-0.39, 0.29) is 11.5 Å². The Morgan fingerprint density at radius 3 is 2.62 bits per heavy atom. The monoisotopic (exact) mass is 464 g/mol. The number of amides is 1. The quantitative estimate of drug-likeness (QED) is 0.373. The summed E-state index contributed by atoms with van der Waals surface area (Å²) in [5.74, 6) is 0.893. The van der Waals surface area contributed by atoms with Crippen LogP contribution in [0, 0.1) is 12.7 Å². The number of methoxy groups -OCH3 is 1. The number of hydrogen-bond donors (Lipinski definition) is 3. The van der Waals surface area contributed by atoms with Gasteiger partial charge in [0.05, 0.1) is 24.6 Å². The van der Waals surface area contributed by atoms with E-state index in [0.717, 1.165) is 6.20 Å². The molecule has 12 nitrogen and oxygen atoms in total. The summed E-state index contributed by atoms with van der Waals surface area (Å²) < 4.78 is 20.7. The van der Waals surface area contributed by atoms with Crippen molar-refractivity contribution in [2.45, 2.75) is 6.92 Å². The fourth-order valence-electron chi connectivity index (χ4n) is 3.08. The second kappa shape index (κ2) is 9.44. The molecule has 4 heterocycles. The Balaban J connectivity index is 1.73. The zero-order valence-electron chi connectivity index (χ0n) is 18.8. The van der Waals surface area contributed by atoms with Gasteiger partial charge in [0.2, 0.25) is 0 Å². The maximum atomic E-state index is 13.6. The lowest BCUT2D eigenvalue weighted by Gasteiger charge is -2.15. The van der Waals surface area contributed by atoms with Gasteiger partial charge in [-0.3, -0.25) is 9.48 Å². The summed E-state index contributed by atoms with van der Waals surface area (Å²) in [7, 11) is 4.74. The Labute approximate surface area is 193 Å². The number of halogens is 1. The first-order valence-electron chi connectivity index (χ1n) is 10.0. The zero-order valence-corrected chi connectivity index (χ0v) is 18.8. The Morgan fingerprint density at radius 2 is 1.94 bits per heavy atom. The van der Waals surface area contributed by atoms with Gasteiger partial charge >= 0.3 is 0 Å². The number of nitrogens with one attached hydrogen (secondary N) is 3. The smallest absolute Gasteiger partial charge is 0.273 e. The van der Waals surface area contributed by atoms with Crippen LogP contribution in [0.25, 0.3) is 11.4 Å². The normalized spacial score (nSPS) is 10.6. The van der Waals surface area contributed by atoms with E-state index in [2.05, 4.69) is 46.2 Å². The van der Waals surface area contributed by atoms with Crippen molar-refractivity contribution < 1.29 is 13.9 Å². The third-order valence-electron chi connectivity index (χ3n) is 4.74. The number of carbonyl (C=O) groups is 1. The number of pyridine rings is 2. The van der Waals surface area contributed by atoms with E-state index >= 15 is 0 Å². The Bertz CT molecular complexity index is 1360. The first-order valence-corrected chi connectivity index (χ1v) is 10.0. The minimum absolute atomic E-state index is 0.0292. The van der Waals surface area contributed by atoms with E-state index in [1.807, 2.05) is 0 Å². The summed E-state index contributed by atoms with van der Waals surface area (Å²) >= 11 is 0. The number of anilines is 4. The fraction of sp³-hybridized carbons (Fsp3) is 0.190. The van der Waals surface area contributed by atoms with Gasteiger partial charge in [-0.05, 0) is 24.6 Å². The van der Waals surface area contributed by atoms with Crippen molar-refractivity contribution in [2.24, 2.45) is 7.05 Å². The lowest BCUT2D eigenvalue weighted by molar-refractivity contribution is 0.0958. The molecule has 0 aliphatic carbocycles. The summed E-state index contributed by atoms with van der Waals surface area (Å²) in [5.41, 5.74) is 1.35. The van der Waals surface area contributed by atoms with E-state index in [9.17, 15) is 9.18 Å². The molecule has 4 aromatic heterocycles. The average Bonchev–Trinajstić information content (AvgIpc) is 3.27. The SMILES string of the molecule is CNC(=O)c1nnc(Nc2cc(C)c(F)cn2)cc1Nc1nccc(-c2ncn(C)n2)c1OC. The van der Waals surface area contributed by atoms with Crippen molar-refractivity contribution in [1.29, 1.82) is 0 Å². The van der Waals surface area contributed by atoms with Gasteiger partial charge in [0.25, 0.3) is 5.91 Å². The second-order valence-corrected chi connectivity index (χ2v) is 7.12. The minimum atomic E-state index is -0.459. The van der Waals surface area contributed by atoms with E-state index < -0.39 is 11.7 Å². The van der Waals surface area contributed by atoms with Gasteiger partial charge in [-0.25, -0.2) is 19.3 Å². The summed E-state index contributed by atoms with van der Waals surface area (Å²) in [6.45, 7) is 1.62. The highest BCUT2D eigenvalue weighted by Gasteiger charge is 2.20. The van der Waals surface area contributed by atoms with Gasteiger partial charge in [0, 0.05) is 26.4 Å². The lowest BCUT2D eigenvalue weighted by Crippen LogP contribution is -2.21. The number of carbonyl (C=O) groups excluding carboxylic acids is 1. The predicted molar refractivity (Wildman–Crippen MR) is 122 cm³/mol. The first kappa shape index (κ1) is 22.5. The van der Waals surface area contributed by atoms with E-state index in [1.165, 1.54) is 20.2 Å². The summed E-state index contributed by atoms with van der Waals surface area (Å²) in [6, 6.07) is 4.81. The van der Waals surface area contributed by atoms with Crippen LogP contribution in [0.4, 0.5) is 27.5 Å². The minimum Gasteiger partial charge on any atom is -0.492 e. The number of ether oxygens (including phenoxy) is 1. The van der Waals surface area contributed by atoms with Crippen LogP contribution in [-0.2, 0) is 7.05 Å². The molecule has 0 bridgehead atoms. The van der Waals surface area contributed by atoms with Crippen molar-refractivity contribution >= 4 is 29.0 Å². The van der Waals surface area contributed by atoms with Crippen LogP contribution in [0.5, 0.6) is 5.75 Å². The highest BCUT2D eigenvalue weighted by molar-refractivity contribution is 5.98. The third-order valence-corrected chi connectivity index (χ3v) is 4.74. The Hall–Kier alpha value is -4.68. The molecule has 0 saturated carbocycles. The molecule has 0 saturated heterocycles. The third kappa shape index (κ3) is 4.57. The van der Waals surface area contributed by atoms with Crippen LogP contribution in [0.3, 0.4) is 0 Å². The van der Waals surface area contributed by atoms with Crippen LogP contribution in [0.15, 0.2) is 36.9 Å². The fourth-order valence-corrected chi connectivity index (χ4v) is 3.08. The molecule has 4 rings (SSSR count). The molecule has 13 heteroatoms. The largest absolute Gasteiger partial charge is 0.492 e. The summed E-state index contributed by atoms with van der Waals surface area (Å²) in [4.78, 5) is 25.0. The molecule has 0 unspecified atom stereocenters. The first-order chi connectivity index (χ1) is 16.4. The molecule has 0 aliphatic rings. The lowest BCUT2D eigenvalue weighted by atomic mass is 10.2. The molecule has 0 atom stereocenters. The standard InChI is InChI=1S/C21H21FN10O2/c1-11-7-15(25-9-13(11)22)28-16-8-14(17(30-29-16)21(33)23-2)27-20-18(34-4)12(5-6-24-20)19-26-10-32(3)31-19/h5-10H,1-4H3,(H,23,33)(H2,24,25,27,28,29). The number of aryl methyl sites for hydroxylation is 2. The molecular weight excluding hydrogens is 443 g/mol. The van der Waals surface area contributed by atoms with Crippen LogP contribution < -0.4 is 20.7 Å². The van der Waals surface area contributed by atoms with Crippen molar-refractivity contribution in [1.82, 2.24) is 40.2 Å². The number of hydrogen-bond acceptors (Lipinski definition) is 10.